The molecule has 5 nitrogen and oxygen atoms in total. The lowest BCUT2D eigenvalue weighted by Gasteiger charge is -2.36. The number of nitrogens with zero attached hydrogens (tertiary/aromatic N) is 2. The Bertz CT molecular complexity index is 503. The molecule has 6 heteroatoms. The summed E-state index contributed by atoms with van der Waals surface area (Å²) in [7, 11) is -1.72. The highest BCUT2D eigenvalue weighted by Crippen LogP contribution is 2.36. The number of nitriles is 1. The van der Waals surface area contributed by atoms with E-state index < -0.39 is 8.32 Å². The Morgan fingerprint density at radius 3 is 2.60 bits per heavy atom. The van der Waals surface area contributed by atoms with Crippen molar-refractivity contribution in [3.8, 4) is 6.07 Å². The van der Waals surface area contributed by atoms with Gasteiger partial charge in [0.25, 0.3) is 0 Å². The first kappa shape index (κ1) is 16.5. The minimum absolute atomic E-state index is 0.199. The van der Waals surface area contributed by atoms with E-state index in [2.05, 4.69) is 44.2 Å². The Labute approximate surface area is 122 Å². The Morgan fingerprint density at radius 2 is 2.05 bits per heavy atom. The summed E-state index contributed by atoms with van der Waals surface area (Å²) in [5.41, 5.74) is 6.71. The van der Waals surface area contributed by atoms with Crippen LogP contribution in [0.4, 0.5) is 11.5 Å². The molecule has 0 amide bonds. The Hall–Kier alpha value is -1.58. The normalized spacial score (nSPS) is 12.0. The monoisotopic (exact) mass is 292 g/mol. The van der Waals surface area contributed by atoms with Crippen LogP contribution in [0.25, 0.3) is 0 Å². The first-order valence-electron chi connectivity index (χ1n) is 6.72. The van der Waals surface area contributed by atoms with Gasteiger partial charge in [0.1, 0.15) is 11.8 Å². The number of rotatable bonds is 5. The van der Waals surface area contributed by atoms with Gasteiger partial charge in [-0.2, -0.15) is 5.26 Å². The van der Waals surface area contributed by atoms with Gasteiger partial charge in [0.15, 0.2) is 14.1 Å². The molecular weight excluding hydrogens is 268 g/mol. The van der Waals surface area contributed by atoms with Crippen LogP contribution in [0, 0.1) is 11.3 Å². The quantitative estimate of drug-likeness (QED) is 0.644. The molecule has 0 spiro atoms. The van der Waals surface area contributed by atoms with Crippen molar-refractivity contribution in [1.29, 1.82) is 5.26 Å². The molecule has 110 valence electrons. The summed E-state index contributed by atoms with van der Waals surface area (Å²) in [5.74, 6) is 0.544. The van der Waals surface area contributed by atoms with Crippen LogP contribution >= 0.6 is 0 Å². The van der Waals surface area contributed by atoms with E-state index in [1.165, 1.54) is 0 Å². The van der Waals surface area contributed by atoms with Gasteiger partial charge in [-0.25, -0.2) is 4.98 Å². The molecule has 0 bridgehead atoms. The van der Waals surface area contributed by atoms with Crippen LogP contribution < -0.4 is 11.1 Å². The molecule has 0 fully saturated rings. The topological polar surface area (TPSA) is 84.0 Å². The maximum Gasteiger partial charge on any atom is 0.192 e. The highest BCUT2D eigenvalue weighted by Gasteiger charge is 2.36. The van der Waals surface area contributed by atoms with Gasteiger partial charge in [0.2, 0.25) is 0 Å². The van der Waals surface area contributed by atoms with Crippen molar-refractivity contribution in [2.24, 2.45) is 0 Å². The molecule has 20 heavy (non-hydrogen) atoms. The maximum absolute atomic E-state index is 8.82. The van der Waals surface area contributed by atoms with E-state index >= 15 is 0 Å². The first-order chi connectivity index (χ1) is 9.17. The summed E-state index contributed by atoms with van der Waals surface area (Å²) in [4.78, 5) is 4.13. The van der Waals surface area contributed by atoms with E-state index in [9.17, 15) is 0 Å². The summed E-state index contributed by atoms with van der Waals surface area (Å²) < 4.78 is 6.05. The van der Waals surface area contributed by atoms with Gasteiger partial charge >= 0.3 is 0 Å². The molecule has 1 aromatic rings. The molecule has 0 unspecified atom stereocenters. The van der Waals surface area contributed by atoms with Crippen LogP contribution in [0.2, 0.25) is 18.1 Å². The van der Waals surface area contributed by atoms with E-state index in [0.29, 0.717) is 30.4 Å². The smallest absolute Gasteiger partial charge is 0.192 e. The van der Waals surface area contributed by atoms with Crippen LogP contribution in [-0.2, 0) is 4.43 Å². The lowest BCUT2D eigenvalue weighted by atomic mass is 10.2. The zero-order valence-electron chi connectivity index (χ0n) is 12.9. The second kappa shape index (κ2) is 6.24. The number of hydrogen-bond donors (Lipinski definition) is 2. The first-order valence-corrected chi connectivity index (χ1v) is 9.62. The summed E-state index contributed by atoms with van der Waals surface area (Å²) in [5, 5.41) is 12.1. The fraction of sp³-hybridized carbons (Fsp3) is 0.571. The van der Waals surface area contributed by atoms with Crippen molar-refractivity contribution in [1.82, 2.24) is 4.98 Å². The summed E-state index contributed by atoms with van der Waals surface area (Å²) in [6, 6.07) is 5.29. The molecule has 0 saturated carbocycles. The zero-order valence-corrected chi connectivity index (χ0v) is 13.9. The molecule has 0 saturated heterocycles. The van der Waals surface area contributed by atoms with Gasteiger partial charge in [0.05, 0.1) is 12.3 Å². The zero-order chi connectivity index (χ0) is 15.4. The molecule has 3 N–H and O–H groups in total. The molecule has 0 aliphatic rings. The molecular formula is C14H24N4OSi. The Morgan fingerprint density at radius 1 is 1.40 bits per heavy atom. The highest BCUT2D eigenvalue weighted by atomic mass is 28.4. The van der Waals surface area contributed by atoms with Crippen molar-refractivity contribution in [2.75, 3.05) is 24.2 Å². The van der Waals surface area contributed by atoms with E-state index in [0.717, 1.165) is 0 Å². The third-order valence-electron chi connectivity index (χ3n) is 3.70. The lowest BCUT2D eigenvalue weighted by Crippen LogP contribution is -2.41. The Balaban J connectivity index is 2.52. The van der Waals surface area contributed by atoms with Crippen molar-refractivity contribution in [2.45, 2.75) is 38.9 Å². The molecule has 0 aliphatic heterocycles. The maximum atomic E-state index is 8.82. The highest BCUT2D eigenvalue weighted by molar-refractivity contribution is 6.74. The fourth-order valence-corrected chi connectivity index (χ4v) is 2.41. The number of nitrogens with one attached hydrogen (secondary N) is 1. The van der Waals surface area contributed by atoms with Gasteiger partial charge in [-0.15, -0.1) is 0 Å². The van der Waals surface area contributed by atoms with Crippen molar-refractivity contribution >= 4 is 19.8 Å². The van der Waals surface area contributed by atoms with Gasteiger partial charge < -0.3 is 15.5 Å². The second-order valence-corrected chi connectivity index (χ2v) is 11.1. The number of aromatic nitrogens is 1. The molecule has 0 aliphatic carbocycles. The lowest BCUT2D eigenvalue weighted by molar-refractivity contribution is 0.301. The summed E-state index contributed by atoms with van der Waals surface area (Å²) in [6.45, 7) is 12.3. The van der Waals surface area contributed by atoms with Crippen LogP contribution in [0.5, 0.6) is 0 Å². The summed E-state index contributed by atoms with van der Waals surface area (Å²) in [6.07, 6.45) is 0. The standard InChI is InChI=1S/C14H24N4OSi/c1-14(2,3)20(4,5)19-9-8-17-13-12(16)7-6-11(10-15)18-13/h6-7H,8-9,16H2,1-5H3,(H,17,18). The molecule has 0 radical (unpaired) electrons. The number of nitrogen functional groups attached to an aromatic ring is 1. The number of hydrogen-bond acceptors (Lipinski definition) is 5. The van der Waals surface area contributed by atoms with Gasteiger partial charge in [-0.3, -0.25) is 0 Å². The SMILES string of the molecule is CC(C)(C)[Si](C)(C)OCCNc1nc(C#N)ccc1N. The van der Waals surface area contributed by atoms with Crippen LogP contribution in [0.15, 0.2) is 12.1 Å². The second-order valence-electron chi connectivity index (χ2n) is 6.28. The fourth-order valence-electron chi connectivity index (χ4n) is 1.37. The predicted molar refractivity (Wildman–Crippen MR) is 85.0 cm³/mol. The Kier molecular flexibility index (Phi) is 5.14. The largest absolute Gasteiger partial charge is 0.415 e. The van der Waals surface area contributed by atoms with Crippen molar-refractivity contribution < 1.29 is 4.43 Å². The molecule has 0 atom stereocenters. The molecule has 1 heterocycles. The van der Waals surface area contributed by atoms with Crippen molar-refractivity contribution in [3.63, 3.8) is 0 Å². The summed E-state index contributed by atoms with van der Waals surface area (Å²) >= 11 is 0. The van der Waals surface area contributed by atoms with E-state index in [1.54, 1.807) is 12.1 Å². The number of anilines is 2. The van der Waals surface area contributed by atoms with Crippen LogP contribution in [0.3, 0.4) is 0 Å². The molecule has 1 aromatic heterocycles. The van der Waals surface area contributed by atoms with E-state index in [1.807, 2.05) is 6.07 Å². The van der Waals surface area contributed by atoms with Crippen LogP contribution in [-0.4, -0.2) is 26.5 Å². The molecule has 1 rings (SSSR count). The van der Waals surface area contributed by atoms with Crippen LogP contribution in [0.1, 0.15) is 26.5 Å². The van der Waals surface area contributed by atoms with Gasteiger partial charge in [0, 0.05) is 6.54 Å². The van der Waals surface area contributed by atoms with E-state index in [4.69, 9.17) is 15.4 Å². The third kappa shape index (κ3) is 4.22. The predicted octanol–water partition coefficient (Wildman–Crippen LogP) is 2.97. The van der Waals surface area contributed by atoms with Gasteiger partial charge in [-0.1, -0.05) is 20.8 Å². The average molecular weight is 292 g/mol. The molecule has 0 aromatic carbocycles. The number of nitrogens with two attached hydrogens (primary N) is 1. The number of pyridine rings is 1. The average Bonchev–Trinajstić information content (AvgIpc) is 2.35. The van der Waals surface area contributed by atoms with Crippen molar-refractivity contribution in [3.05, 3.63) is 17.8 Å². The van der Waals surface area contributed by atoms with E-state index in [-0.39, 0.29) is 5.04 Å². The van der Waals surface area contributed by atoms with Gasteiger partial charge in [-0.05, 0) is 30.3 Å². The third-order valence-corrected chi connectivity index (χ3v) is 8.24. The minimum atomic E-state index is -1.72. The minimum Gasteiger partial charge on any atom is -0.415 e.